The zero-order valence-corrected chi connectivity index (χ0v) is 16.0. The van der Waals surface area contributed by atoms with Crippen LogP contribution < -0.4 is 5.32 Å². The van der Waals surface area contributed by atoms with E-state index in [1.165, 1.54) is 11.1 Å². The van der Waals surface area contributed by atoms with Crippen LogP contribution in [-0.2, 0) is 30.8 Å². The molecule has 0 fully saturated rings. The van der Waals surface area contributed by atoms with Crippen molar-refractivity contribution in [2.75, 3.05) is 6.54 Å². The molecule has 10 nitrogen and oxygen atoms in total. The Labute approximate surface area is 162 Å². The highest BCUT2D eigenvalue weighted by molar-refractivity contribution is 5.76. The third kappa shape index (κ3) is 4.06. The summed E-state index contributed by atoms with van der Waals surface area (Å²) in [6, 6.07) is 8.18. The van der Waals surface area contributed by atoms with Crippen molar-refractivity contribution in [3.63, 3.8) is 0 Å². The lowest BCUT2D eigenvalue weighted by molar-refractivity contribution is -0.122. The first-order chi connectivity index (χ1) is 13.6. The van der Waals surface area contributed by atoms with Gasteiger partial charge in [-0.15, -0.1) is 5.10 Å². The first-order valence-corrected chi connectivity index (χ1v) is 9.31. The van der Waals surface area contributed by atoms with Crippen LogP contribution in [0.5, 0.6) is 0 Å². The van der Waals surface area contributed by atoms with Gasteiger partial charge >= 0.3 is 0 Å². The van der Waals surface area contributed by atoms with Gasteiger partial charge in [-0.1, -0.05) is 24.3 Å². The number of nitrogens with one attached hydrogen (secondary N) is 2. The summed E-state index contributed by atoms with van der Waals surface area (Å²) in [6.07, 6.45) is 1.01. The molecule has 0 saturated heterocycles. The highest BCUT2D eigenvalue weighted by Crippen LogP contribution is 2.19. The molecule has 1 aromatic carbocycles. The van der Waals surface area contributed by atoms with Crippen LogP contribution in [0.1, 0.15) is 41.6 Å². The molecule has 2 N–H and O–H groups in total. The molecule has 0 spiro atoms. The minimum absolute atomic E-state index is 0.0561. The van der Waals surface area contributed by atoms with E-state index in [-0.39, 0.29) is 18.5 Å². The Morgan fingerprint density at radius 1 is 1.32 bits per heavy atom. The van der Waals surface area contributed by atoms with E-state index < -0.39 is 0 Å². The molecule has 1 aliphatic rings. The molecule has 0 saturated carbocycles. The minimum Gasteiger partial charge on any atom is -0.345 e. The van der Waals surface area contributed by atoms with Gasteiger partial charge in [0.1, 0.15) is 12.4 Å². The van der Waals surface area contributed by atoms with E-state index in [9.17, 15) is 4.79 Å². The zero-order chi connectivity index (χ0) is 19.5. The number of tetrazole rings is 1. The number of carbonyl (C=O) groups excluding carboxylic acids is 1. The Morgan fingerprint density at radius 3 is 2.93 bits per heavy atom. The molecular weight excluding hydrogens is 358 g/mol. The molecule has 1 amide bonds. The molecule has 0 radical (unpaired) electrons. The summed E-state index contributed by atoms with van der Waals surface area (Å²) in [5, 5.41) is 21.6. The van der Waals surface area contributed by atoms with E-state index in [2.05, 4.69) is 65.2 Å². The quantitative estimate of drug-likeness (QED) is 0.640. The van der Waals surface area contributed by atoms with E-state index in [4.69, 9.17) is 0 Å². The third-order valence-corrected chi connectivity index (χ3v) is 4.85. The normalized spacial score (nSPS) is 15.2. The van der Waals surface area contributed by atoms with Gasteiger partial charge in [0.05, 0.1) is 12.6 Å². The predicted molar refractivity (Wildman–Crippen MR) is 99.8 cm³/mol. The smallest absolute Gasteiger partial charge is 0.242 e. The SMILES string of the molecule is Cc1nc([C@@H](C)NC(=O)Cn2nnnc2CN2CCc3ccccc3C2)n[nH]1. The van der Waals surface area contributed by atoms with Crippen LogP contribution in [-0.4, -0.2) is 52.7 Å². The van der Waals surface area contributed by atoms with Crippen molar-refractivity contribution in [2.24, 2.45) is 0 Å². The van der Waals surface area contributed by atoms with Crippen LogP contribution in [0, 0.1) is 6.92 Å². The van der Waals surface area contributed by atoms with Crippen LogP contribution in [0.25, 0.3) is 0 Å². The lowest BCUT2D eigenvalue weighted by Crippen LogP contribution is -2.34. The van der Waals surface area contributed by atoms with E-state index in [0.29, 0.717) is 24.0 Å². The molecule has 0 bridgehead atoms. The Hall–Kier alpha value is -3.14. The summed E-state index contributed by atoms with van der Waals surface area (Å²) in [7, 11) is 0. The summed E-state index contributed by atoms with van der Waals surface area (Å²) in [6.45, 7) is 6.11. The van der Waals surface area contributed by atoms with E-state index >= 15 is 0 Å². The van der Waals surface area contributed by atoms with Crippen molar-refractivity contribution >= 4 is 5.91 Å². The fourth-order valence-electron chi connectivity index (χ4n) is 3.39. The van der Waals surface area contributed by atoms with Gasteiger partial charge in [-0.25, -0.2) is 9.67 Å². The Kier molecular flexibility index (Phi) is 5.11. The Bertz CT molecular complexity index is 963. The fraction of sp³-hybridized carbons (Fsp3) is 0.444. The van der Waals surface area contributed by atoms with Crippen molar-refractivity contribution in [3.05, 3.63) is 52.9 Å². The highest BCUT2D eigenvalue weighted by atomic mass is 16.2. The van der Waals surface area contributed by atoms with Gasteiger partial charge in [0, 0.05) is 13.1 Å². The topological polar surface area (TPSA) is 118 Å². The standard InChI is InChI=1S/C18H23N9O/c1-12(18-20-13(2)21-23-18)19-17(28)11-27-16(22-24-25-27)10-26-8-7-14-5-3-4-6-15(14)9-26/h3-6,12H,7-11H2,1-2H3,(H,19,28)(H,20,21,23)/t12-/m1/s1. The first-order valence-electron chi connectivity index (χ1n) is 9.31. The average Bonchev–Trinajstić information content (AvgIpc) is 3.31. The second-order valence-corrected chi connectivity index (χ2v) is 7.05. The number of carbonyl (C=O) groups is 1. The number of amides is 1. The Morgan fingerprint density at radius 2 is 2.14 bits per heavy atom. The van der Waals surface area contributed by atoms with Gasteiger partial charge in [0.25, 0.3) is 0 Å². The lowest BCUT2D eigenvalue weighted by Gasteiger charge is -2.28. The molecule has 3 aromatic rings. The molecule has 1 aliphatic heterocycles. The molecular formula is C18H23N9O. The second kappa shape index (κ2) is 7.85. The molecule has 2 aromatic heterocycles. The van der Waals surface area contributed by atoms with Gasteiger partial charge in [0.2, 0.25) is 5.91 Å². The van der Waals surface area contributed by atoms with Gasteiger partial charge in [0.15, 0.2) is 11.6 Å². The molecule has 10 heteroatoms. The zero-order valence-electron chi connectivity index (χ0n) is 16.0. The van der Waals surface area contributed by atoms with Gasteiger partial charge in [-0.2, -0.15) is 5.10 Å². The van der Waals surface area contributed by atoms with Gasteiger partial charge in [-0.3, -0.25) is 14.8 Å². The van der Waals surface area contributed by atoms with E-state index in [1.807, 2.05) is 13.8 Å². The lowest BCUT2D eigenvalue weighted by atomic mass is 10.00. The van der Waals surface area contributed by atoms with E-state index in [0.717, 1.165) is 19.5 Å². The molecule has 0 unspecified atom stereocenters. The average molecular weight is 381 g/mol. The molecule has 0 aliphatic carbocycles. The third-order valence-electron chi connectivity index (χ3n) is 4.85. The van der Waals surface area contributed by atoms with Crippen molar-refractivity contribution in [2.45, 2.75) is 45.9 Å². The molecule has 4 rings (SSSR count). The fourth-order valence-corrected chi connectivity index (χ4v) is 3.39. The van der Waals surface area contributed by atoms with Crippen molar-refractivity contribution in [1.29, 1.82) is 0 Å². The number of nitrogens with zero attached hydrogens (tertiary/aromatic N) is 7. The minimum atomic E-state index is -0.295. The monoisotopic (exact) mass is 381 g/mol. The maximum atomic E-state index is 12.4. The van der Waals surface area contributed by atoms with Crippen molar-refractivity contribution in [1.82, 2.24) is 45.6 Å². The molecule has 28 heavy (non-hydrogen) atoms. The summed E-state index contributed by atoms with van der Waals surface area (Å²) in [4.78, 5) is 18.9. The van der Waals surface area contributed by atoms with E-state index in [1.54, 1.807) is 4.68 Å². The maximum absolute atomic E-state index is 12.4. The second-order valence-electron chi connectivity index (χ2n) is 7.05. The number of rotatable bonds is 6. The van der Waals surface area contributed by atoms with Crippen LogP contribution in [0.2, 0.25) is 0 Å². The summed E-state index contributed by atoms with van der Waals surface area (Å²) < 4.78 is 1.55. The van der Waals surface area contributed by atoms with Crippen LogP contribution in [0.4, 0.5) is 0 Å². The Balaban J connectivity index is 1.36. The number of hydrogen-bond acceptors (Lipinski definition) is 7. The largest absolute Gasteiger partial charge is 0.345 e. The number of benzene rings is 1. The maximum Gasteiger partial charge on any atom is 0.242 e. The number of aryl methyl sites for hydroxylation is 1. The van der Waals surface area contributed by atoms with Crippen molar-refractivity contribution < 1.29 is 4.79 Å². The predicted octanol–water partition coefficient (Wildman–Crippen LogP) is 0.535. The van der Waals surface area contributed by atoms with Gasteiger partial charge in [-0.05, 0) is 41.8 Å². The van der Waals surface area contributed by atoms with Crippen LogP contribution in [0.15, 0.2) is 24.3 Å². The van der Waals surface area contributed by atoms with Crippen molar-refractivity contribution in [3.8, 4) is 0 Å². The number of H-pyrrole nitrogens is 1. The van der Waals surface area contributed by atoms with Gasteiger partial charge < -0.3 is 5.32 Å². The van der Waals surface area contributed by atoms with Crippen LogP contribution in [0.3, 0.4) is 0 Å². The number of aromatic nitrogens is 7. The molecule has 1 atom stereocenters. The summed E-state index contributed by atoms with van der Waals surface area (Å²) >= 11 is 0. The first kappa shape index (κ1) is 18.2. The number of hydrogen-bond donors (Lipinski definition) is 2. The summed E-state index contributed by atoms with van der Waals surface area (Å²) in [5.41, 5.74) is 2.73. The molecule has 3 heterocycles. The molecule has 146 valence electrons. The summed E-state index contributed by atoms with van der Waals surface area (Å²) in [5.74, 6) is 1.75. The number of aromatic amines is 1. The number of fused-ring (bicyclic) bond motifs is 1. The van der Waals surface area contributed by atoms with Crippen LogP contribution >= 0.6 is 0 Å². The highest BCUT2D eigenvalue weighted by Gasteiger charge is 2.20.